The molecule has 28 heavy (non-hydrogen) atoms. The minimum absolute atomic E-state index is 0.0801. The Labute approximate surface area is 161 Å². The quantitative estimate of drug-likeness (QED) is 0.510. The minimum Gasteiger partial charge on any atom is -0.365 e. The highest BCUT2D eigenvalue weighted by Crippen LogP contribution is 2.23. The zero-order valence-electron chi connectivity index (χ0n) is 15.1. The van der Waals surface area contributed by atoms with Crippen molar-refractivity contribution in [2.45, 2.75) is 12.5 Å². The monoisotopic (exact) mass is 376 g/mol. The zero-order valence-corrected chi connectivity index (χ0v) is 15.1. The van der Waals surface area contributed by atoms with Crippen LogP contribution >= 0.6 is 0 Å². The van der Waals surface area contributed by atoms with E-state index in [2.05, 4.69) is 35.9 Å². The molecule has 1 amide bonds. The number of aromatic nitrogens is 4. The van der Waals surface area contributed by atoms with Gasteiger partial charge in [0.15, 0.2) is 17.3 Å². The van der Waals surface area contributed by atoms with Gasteiger partial charge in [-0.3, -0.25) is 4.79 Å². The summed E-state index contributed by atoms with van der Waals surface area (Å²) in [6.07, 6.45) is 5.90. The first kappa shape index (κ1) is 17.8. The molecule has 1 aromatic carbocycles. The maximum atomic E-state index is 11.8. The number of nitrogens with two attached hydrogens (primary N) is 1. The highest BCUT2D eigenvalue weighted by molar-refractivity contribution is 5.96. The number of amides is 1. The van der Waals surface area contributed by atoms with Gasteiger partial charge in [-0.25, -0.2) is 19.9 Å². The fourth-order valence-corrected chi connectivity index (χ4v) is 3.03. The molecule has 1 aliphatic heterocycles. The van der Waals surface area contributed by atoms with E-state index in [1.54, 1.807) is 18.5 Å². The van der Waals surface area contributed by atoms with Crippen molar-refractivity contribution in [1.82, 2.24) is 25.3 Å². The Kier molecular flexibility index (Phi) is 5.07. The molecule has 3 heterocycles. The number of primary amides is 1. The van der Waals surface area contributed by atoms with Crippen molar-refractivity contribution < 1.29 is 4.79 Å². The molecule has 0 aliphatic carbocycles. The molecule has 0 radical (unpaired) electrons. The van der Waals surface area contributed by atoms with Crippen LogP contribution in [0.4, 0.5) is 17.3 Å². The third-order valence-electron chi connectivity index (χ3n) is 4.37. The van der Waals surface area contributed by atoms with Gasteiger partial charge in [-0.05, 0) is 31.2 Å². The largest absolute Gasteiger partial charge is 0.365 e. The summed E-state index contributed by atoms with van der Waals surface area (Å²) in [5.74, 6) is 0.849. The number of nitrogens with one attached hydrogen (secondary N) is 3. The van der Waals surface area contributed by atoms with Crippen molar-refractivity contribution in [3.05, 3.63) is 54.6 Å². The van der Waals surface area contributed by atoms with Gasteiger partial charge in [0.05, 0.1) is 6.20 Å². The summed E-state index contributed by atoms with van der Waals surface area (Å²) in [6.45, 7) is 1.82. The Balaban J connectivity index is 1.61. The summed E-state index contributed by atoms with van der Waals surface area (Å²) in [5.41, 5.74) is 7.11. The highest BCUT2D eigenvalue weighted by Gasteiger charge is 2.17. The van der Waals surface area contributed by atoms with Gasteiger partial charge in [0, 0.05) is 36.2 Å². The molecule has 9 nitrogen and oxygen atoms in total. The number of benzene rings is 1. The third-order valence-corrected chi connectivity index (χ3v) is 4.37. The van der Waals surface area contributed by atoms with E-state index in [1.807, 2.05) is 24.3 Å². The van der Waals surface area contributed by atoms with Crippen LogP contribution in [-0.4, -0.2) is 45.0 Å². The number of anilines is 3. The Morgan fingerprint density at radius 2 is 2.04 bits per heavy atom. The second-order valence-corrected chi connectivity index (χ2v) is 6.43. The van der Waals surface area contributed by atoms with Crippen LogP contribution in [0, 0.1) is 0 Å². The molecule has 1 atom stereocenters. The first-order valence-corrected chi connectivity index (χ1v) is 8.97. The zero-order chi connectivity index (χ0) is 19.3. The molecule has 142 valence electrons. The van der Waals surface area contributed by atoms with Crippen molar-refractivity contribution in [2.24, 2.45) is 5.73 Å². The van der Waals surface area contributed by atoms with E-state index < -0.39 is 5.91 Å². The molecule has 3 aromatic rings. The summed E-state index contributed by atoms with van der Waals surface area (Å²) >= 11 is 0. The van der Waals surface area contributed by atoms with Crippen molar-refractivity contribution in [2.75, 3.05) is 23.7 Å². The lowest BCUT2D eigenvalue weighted by Gasteiger charge is -2.15. The normalized spacial score (nSPS) is 15.9. The van der Waals surface area contributed by atoms with Crippen LogP contribution in [0.25, 0.3) is 11.4 Å². The predicted octanol–water partition coefficient (Wildman–Crippen LogP) is 1.55. The van der Waals surface area contributed by atoms with E-state index in [0.29, 0.717) is 17.5 Å². The molecule has 0 unspecified atom stereocenters. The minimum atomic E-state index is -0.647. The summed E-state index contributed by atoms with van der Waals surface area (Å²) < 4.78 is 0. The molecule has 1 aliphatic rings. The lowest BCUT2D eigenvalue weighted by Crippen LogP contribution is -2.24. The number of rotatable bonds is 6. The maximum absolute atomic E-state index is 11.8. The molecule has 9 heteroatoms. The van der Waals surface area contributed by atoms with Crippen molar-refractivity contribution in [3.8, 4) is 11.4 Å². The molecule has 5 N–H and O–H groups in total. The standard InChI is InChI=1S/C19H20N8O/c20-17(28)16-19(27-15(11-24-16)25-14-5-8-21-10-14)26-13-4-1-3-12(9-13)18-22-6-2-7-23-18/h1-4,6-7,9,11,14,21H,5,8,10H2,(H2,20,28)(H2,25,26,27)/t14-/m1/s1. The van der Waals surface area contributed by atoms with Gasteiger partial charge in [-0.1, -0.05) is 12.1 Å². The van der Waals surface area contributed by atoms with E-state index in [0.717, 1.165) is 30.8 Å². The fraction of sp³-hybridized carbons (Fsp3) is 0.211. The number of hydrogen-bond acceptors (Lipinski definition) is 8. The van der Waals surface area contributed by atoms with Crippen LogP contribution in [0.15, 0.2) is 48.9 Å². The Morgan fingerprint density at radius 3 is 2.79 bits per heavy atom. The molecule has 1 fully saturated rings. The molecule has 0 bridgehead atoms. The van der Waals surface area contributed by atoms with Crippen LogP contribution in [0.2, 0.25) is 0 Å². The van der Waals surface area contributed by atoms with Gasteiger partial charge >= 0.3 is 0 Å². The van der Waals surface area contributed by atoms with Crippen LogP contribution in [0.5, 0.6) is 0 Å². The fourth-order valence-electron chi connectivity index (χ4n) is 3.03. The van der Waals surface area contributed by atoms with Gasteiger partial charge < -0.3 is 21.7 Å². The van der Waals surface area contributed by atoms with Crippen LogP contribution in [0.1, 0.15) is 16.9 Å². The Bertz CT molecular complexity index is 973. The number of hydrogen-bond donors (Lipinski definition) is 4. The van der Waals surface area contributed by atoms with Crippen LogP contribution in [0.3, 0.4) is 0 Å². The average molecular weight is 376 g/mol. The molecular weight excluding hydrogens is 356 g/mol. The topological polar surface area (TPSA) is 131 Å². The maximum Gasteiger partial charge on any atom is 0.271 e. The van der Waals surface area contributed by atoms with E-state index in [-0.39, 0.29) is 11.7 Å². The first-order chi connectivity index (χ1) is 13.7. The molecule has 4 rings (SSSR count). The van der Waals surface area contributed by atoms with Gasteiger partial charge in [-0.15, -0.1) is 0 Å². The van der Waals surface area contributed by atoms with Crippen molar-refractivity contribution in [3.63, 3.8) is 0 Å². The second kappa shape index (κ2) is 7.97. The SMILES string of the molecule is NC(=O)c1ncc(N[C@@H]2CCNC2)nc1Nc1cccc(-c2ncccn2)c1. The van der Waals surface area contributed by atoms with E-state index in [4.69, 9.17) is 5.73 Å². The number of nitrogens with zero attached hydrogens (tertiary/aromatic N) is 4. The van der Waals surface area contributed by atoms with Gasteiger partial charge in [0.2, 0.25) is 0 Å². The van der Waals surface area contributed by atoms with Gasteiger partial charge in [0.25, 0.3) is 5.91 Å². The van der Waals surface area contributed by atoms with E-state index >= 15 is 0 Å². The van der Waals surface area contributed by atoms with E-state index in [1.165, 1.54) is 6.20 Å². The summed E-state index contributed by atoms with van der Waals surface area (Å²) in [4.78, 5) is 29.0. The highest BCUT2D eigenvalue weighted by atomic mass is 16.1. The van der Waals surface area contributed by atoms with Gasteiger partial charge in [-0.2, -0.15) is 0 Å². The Hall–Kier alpha value is -3.59. The summed E-state index contributed by atoms with van der Waals surface area (Å²) in [5, 5.41) is 9.75. The second-order valence-electron chi connectivity index (χ2n) is 6.43. The Morgan fingerprint density at radius 1 is 1.18 bits per heavy atom. The van der Waals surface area contributed by atoms with Crippen LogP contribution in [-0.2, 0) is 0 Å². The van der Waals surface area contributed by atoms with E-state index in [9.17, 15) is 4.79 Å². The molecular formula is C19H20N8O. The molecule has 0 spiro atoms. The molecule has 1 saturated heterocycles. The predicted molar refractivity (Wildman–Crippen MR) is 106 cm³/mol. The van der Waals surface area contributed by atoms with Crippen LogP contribution < -0.4 is 21.7 Å². The van der Waals surface area contributed by atoms with Crippen molar-refractivity contribution >= 4 is 23.2 Å². The lowest BCUT2D eigenvalue weighted by atomic mass is 10.2. The summed E-state index contributed by atoms with van der Waals surface area (Å²) in [6, 6.07) is 9.56. The first-order valence-electron chi connectivity index (χ1n) is 8.97. The smallest absolute Gasteiger partial charge is 0.271 e. The molecule has 2 aromatic heterocycles. The molecule has 0 saturated carbocycles. The average Bonchev–Trinajstić information content (AvgIpc) is 3.22. The van der Waals surface area contributed by atoms with Crippen molar-refractivity contribution in [1.29, 1.82) is 0 Å². The number of carbonyl (C=O) groups is 1. The third kappa shape index (κ3) is 4.04. The summed E-state index contributed by atoms with van der Waals surface area (Å²) in [7, 11) is 0. The number of carbonyl (C=O) groups excluding carboxylic acids is 1. The van der Waals surface area contributed by atoms with Gasteiger partial charge in [0.1, 0.15) is 5.82 Å². The lowest BCUT2D eigenvalue weighted by molar-refractivity contribution is 0.0996.